The van der Waals surface area contributed by atoms with Crippen LogP contribution in [0.4, 0.5) is 0 Å². The van der Waals surface area contributed by atoms with Crippen molar-refractivity contribution in [2.45, 2.75) is 4.90 Å². The maximum Gasteiger partial charge on any atom is 0.268 e. The number of fused-ring (bicyclic) bond motifs is 2. The number of ether oxygens (including phenoxy) is 2. The Morgan fingerprint density at radius 3 is 2.23 bits per heavy atom. The van der Waals surface area contributed by atoms with Gasteiger partial charge in [0.05, 0.1) is 23.6 Å². The number of nitrogens with zero attached hydrogens (tertiary/aromatic N) is 2. The van der Waals surface area contributed by atoms with Gasteiger partial charge in [0, 0.05) is 55.9 Å². The van der Waals surface area contributed by atoms with E-state index in [-0.39, 0.29) is 10.8 Å². The fourth-order valence-corrected chi connectivity index (χ4v) is 5.63. The van der Waals surface area contributed by atoms with Crippen molar-refractivity contribution >= 4 is 43.7 Å². The summed E-state index contributed by atoms with van der Waals surface area (Å²) >= 11 is 0. The van der Waals surface area contributed by atoms with Crippen molar-refractivity contribution in [1.29, 1.82) is 0 Å². The number of methoxy groups -OCH3 is 2. The molecule has 1 heterocycles. The van der Waals surface area contributed by atoms with E-state index in [9.17, 15) is 13.2 Å². The summed E-state index contributed by atoms with van der Waals surface area (Å²) in [5.41, 5.74) is 1.18. The van der Waals surface area contributed by atoms with Crippen molar-refractivity contribution in [1.82, 2.24) is 8.87 Å². The van der Waals surface area contributed by atoms with Gasteiger partial charge in [-0.1, -0.05) is 54.6 Å². The van der Waals surface area contributed by atoms with Gasteiger partial charge in [0.15, 0.2) is 0 Å². The normalized spacial score (nSPS) is 12.1. The van der Waals surface area contributed by atoms with Crippen LogP contribution in [0, 0.1) is 0 Å². The summed E-state index contributed by atoms with van der Waals surface area (Å²) in [6.07, 6.45) is 4.69. The number of carbonyl (C=O) groups is 1. The SMILES string of the molecule is COCCN(CCOC)C(=O)/C=C/c1cn(S(=O)(=O)c2cccc3ccccc23)c2ccccc12. The van der Waals surface area contributed by atoms with Crippen LogP contribution in [0.3, 0.4) is 0 Å². The third-order valence-electron chi connectivity index (χ3n) is 5.84. The zero-order chi connectivity index (χ0) is 24.8. The number of rotatable bonds is 10. The number of carbonyl (C=O) groups excluding carboxylic acids is 1. The van der Waals surface area contributed by atoms with Crippen LogP contribution >= 0.6 is 0 Å². The highest BCUT2D eigenvalue weighted by atomic mass is 32.2. The van der Waals surface area contributed by atoms with Crippen LogP contribution in [0.15, 0.2) is 83.9 Å². The molecule has 0 saturated carbocycles. The summed E-state index contributed by atoms with van der Waals surface area (Å²) in [5.74, 6) is -0.201. The minimum absolute atomic E-state index is 0.201. The van der Waals surface area contributed by atoms with E-state index < -0.39 is 10.0 Å². The Labute approximate surface area is 205 Å². The monoisotopic (exact) mass is 492 g/mol. The van der Waals surface area contributed by atoms with E-state index in [0.717, 1.165) is 10.8 Å². The summed E-state index contributed by atoms with van der Waals surface area (Å²) in [5, 5.41) is 2.25. The van der Waals surface area contributed by atoms with Gasteiger partial charge < -0.3 is 14.4 Å². The Bertz CT molecular complexity index is 1460. The largest absolute Gasteiger partial charge is 0.383 e. The lowest BCUT2D eigenvalue weighted by molar-refractivity contribution is -0.127. The lowest BCUT2D eigenvalue weighted by atomic mass is 10.1. The van der Waals surface area contributed by atoms with E-state index in [0.29, 0.717) is 42.8 Å². The van der Waals surface area contributed by atoms with E-state index in [1.165, 1.54) is 10.0 Å². The predicted molar refractivity (Wildman–Crippen MR) is 138 cm³/mol. The maximum absolute atomic E-state index is 13.8. The highest BCUT2D eigenvalue weighted by molar-refractivity contribution is 7.90. The van der Waals surface area contributed by atoms with Crippen molar-refractivity contribution in [3.8, 4) is 0 Å². The fraction of sp³-hybridized carbons (Fsp3) is 0.222. The van der Waals surface area contributed by atoms with Gasteiger partial charge in [0.1, 0.15) is 0 Å². The van der Waals surface area contributed by atoms with Crippen molar-refractivity contribution in [3.63, 3.8) is 0 Å². The minimum Gasteiger partial charge on any atom is -0.383 e. The first-order chi connectivity index (χ1) is 17.0. The third-order valence-corrected chi connectivity index (χ3v) is 7.57. The molecule has 0 saturated heterocycles. The molecule has 0 bridgehead atoms. The predicted octanol–water partition coefficient (Wildman–Crippen LogP) is 4.17. The average molecular weight is 493 g/mol. The lowest BCUT2D eigenvalue weighted by Crippen LogP contribution is -2.35. The Morgan fingerprint density at radius 1 is 0.886 bits per heavy atom. The molecular weight excluding hydrogens is 464 g/mol. The number of amides is 1. The van der Waals surface area contributed by atoms with Gasteiger partial charge in [-0.15, -0.1) is 0 Å². The number of hydrogen-bond acceptors (Lipinski definition) is 5. The number of para-hydroxylation sites is 1. The zero-order valence-corrected chi connectivity index (χ0v) is 20.6. The smallest absolute Gasteiger partial charge is 0.268 e. The first kappa shape index (κ1) is 24.7. The maximum atomic E-state index is 13.8. The molecular formula is C27H28N2O5S. The molecule has 0 aliphatic carbocycles. The molecule has 0 radical (unpaired) electrons. The highest BCUT2D eigenvalue weighted by Gasteiger charge is 2.23. The van der Waals surface area contributed by atoms with Crippen molar-refractivity contribution in [3.05, 3.63) is 84.6 Å². The van der Waals surface area contributed by atoms with Gasteiger partial charge in [-0.05, 0) is 23.6 Å². The summed E-state index contributed by atoms with van der Waals surface area (Å²) in [6.45, 7) is 1.68. The van der Waals surface area contributed by atoms with Gasteiger partial charge in [0.25, 0.3) is 10.0 Å². The topological polar surface area (TPSA) is 77.8 Å². The summed E-state index contributed by atoms with van der Waals surface area (Å²) < 4.78 is 39.1. The molecule has 0 unspecified atom stereocenters. The second kappa shape index (κ2) is 10.9. The van der Waals surface area contributed by atoms with Crippen LogP contribution in [0.25, 0.3) is 27.8 Å². The molecule has 1 aromatic heterocycles. The quantitative estimate of drug-likeness (QED) is 0.311. The molecule has 0 spiro atoms. The molecule has 4 aromatic rings. The molecule has 3 aromatic carbocycles. The second-order valence-corrected chi connectivity index (χ2v) is 9.81. The van der Waals surface area contributed by atoms with E-state index in [2.05, 4.69) is 0 Å². The van der Waals surface area contributed by atoms with Crippen molar-refractivity contribution in [2.75, 3.05) is 40.5 Å². The van der Waals surface area contributed by atoms with Crippen LogP contribution < -0.4 is 0 Å². The van der Waals surface area contributed by atoms with E-state index in [4.69, 9.17) is 9.47 Å². The Balaban J connectivity index is 1.74. The fourth-order valence-electron chi connectivity index (χ4n) is 4.04. The molecule has 0 N–H and O–H groups in total. The van der Waals surface area contributed by atoms with E-state index in [1.54, 1.807) is 55.7 Å². The van der Waals surface area contributed by atoms with Gasteiger partial charge in [0.2, 0.25) is 5.91 Å². The Morgan fingerprint density at radius 2 is 1.51 bits per heavy atom. The molecule has 4 rings (SSSR count). The number of aromatic nitrogens is 1. The summed E-state index contributed by atoms with van der Waals surface area (Å²) in [4.78, 5) is 14.7. The van der Waals surface area contributed by atoms with Gasteiger partial charge in [-0.3, -0.25) is 4.79 Å². The second-order valence-electron chi connectivity index (χ2n) is 8.02. The summed E-state index contributed by atoms with van der Waals surface area (Å²) in [6, 6.07) is 19.9. The van der Waals surface area contributed by atoms with Crippen LogP contribution in [0.2, 0.25) is 0 Å². The molecule has 7 nitrogen and oxygen atoms in total. The molecule has 182 valence electrons. The molecule has 0 aliphatic rings. The third kappa shape index (κ3) is 5.14. The zero-order valence-electron chi connectivity index (χ0n) is 19.8. The summed E-state index contributed by atoms with van der Waals surface area (Å²) in [7, 11) is -0.729. The molecule has 0 aliphatic heterocycles. The first-order valence-corrected chi connectivity index (χ1v) is 12.7. The van der Waals surface area contributed by atoms with Crippen LogP contribution in [-0.4, -0.2) is 63.7 Å². The van der Waals surface area contributed by atoms with Crippen LogP contribution in [0.5, 0.6) is 0 Å². The van der Waals surface area contributed by atoms with Crippen molar-refractivity contribution < 1.29 is 22.7 Å². The standard InChI is InChI=1S/C27H28N2O5S/c1-33-18-16-28(17-19-34-2)27(30)15-14-22-20-29(25-12-6-5-10-23(22)25)35(31,32)26-13-7-9-21-8-3-4-11-24(21)26/h3-15,20H,16-19H2,1-2H3/b15-14+. The van der Waals surface area contributed by atoms with Gasteiger partial charge in [-0.25, -0.2) is 12.4 Å². The minimum atomic E-state index is -3.90. The van der Waals surface area contributed by atoms with Gasteiger partial charge in [-0.2, -0.15) is 0 Å². The molecule has 0 fully saturated rings. The molecule has 0 atom stereocenters. The average Bonchev–Trinajstić information content (AvgIpc) is 3.26. The van der Waals surface area contributed by atoms with Crippen molar-refractivity contribution in [2.24, 2.45) is 0 Å². The lowest BCUT2D eigenvalue weighted by Gasteiger charge is -2.20. The molecule has 35 heavy (non-hydrogen) atoms. The molecule has 8 heteroatoms. The Hall–Kier alpha value is -3.46. The Kier molecular flexibility index (Phi) is 7.65. The molecule has 1 amide bonds. The van der Waals surface area contributed by atoms with Crippen LogP contribution in [0.1, 0.15) is 5.56 Å². The number of benzene rings is 3. The number of hydrogen-bond donors (Lipinski definition) is 0. The highest BCUT2D eigenvalue weighted by Crippen LogP contribution is 2.30. The van der Waals surface area contributed by atoms with E-state index in [1.807, 2.05) is 42.5 Å². The first-order valence-electron chi connectivity index (χ1n) is 11.3. The van der Waals surface area contributed by atoms with Gasteiger partial charge >= 0.3 is 0 Å². The van der Waals surface area contributed by atoms with Crippen LogP contribution in [-0.2, 0) is 24.3 Å². The van der Waals surface area contributed by atoms with E-state index >= 15 is 0 Å².